The molecular formula is C26H32N2O4. The van der Waals surface area contributed by atoms with E-state index in [0.29, 0.717) is 13.0 Å². The molecule has 32 heavy (non-hydrogen) atoms. The summed E-state index contributed by atoms with van der Waals surface area (Å²) in [5, 5.41) is 24.4. The van der Waals surface area contributed by atoms with Crippen molar-refractivity contribution in [1.29, 1.82) is 0 Å². The van der Waals surface area contributed by atoms with E-state index in [-0.39, 0.29) is 17.4 Å². The molecule has 1 saturated carbocycles. The molecule has 2 heterocycles. The van der Waals surface area contributed by atoms with Gasteiger partial charge in [-0.05, 0) is 62.4 Å². The first kappa shape index (κ1) is 21.4. The maximum absolute atomic E-state index is 11.9. The van der Waals surface area contributed by atoms with Gasteiger partial charge in [-0.1, -0.05) is 23.8 Å². The molecule has 1 amide bonds. The summed E-state index contributed by atoms with van der Waals surface area (Å²) in [5.41, 5.74) is 3.32. The number of ether oxygens (including phenoxy) is 1. The number of benzene rings is 2. The molecule has 1 spiro atoms. The Bertz CT molecular complexity index is 978. The number of fused-ring (bicyclic) bond motifs is 1. The van der Waals surface area contributed by atoms with Crippen molar-refractivity contribution in [2.24, 2.45) is 5.92 Å². The number of β-amino-alcohol motifs (C(OH)–C–C–N with tert-alkyl or cyclic N) is 1. The second kappa shape index (κ2) is 8.50. The van der Waals surface area contributed by atoms with Gasteiger partial charge in [-0.15, -0.1) is 0 Å². The SMILES string of the molecule is Cc1ccc2c(c1)[C@H](O)CC1(CCN(C[C@H](O)c3ccc(NC(=O)C4CC4)cc3)CC1)O2. The Labute approximate surface area is 189 Å². The number of nitrogens with one attached hydrogen (secondary N) is 1. The first-order chi connectivity index (χ1) is 15.4. The molecule has 3 aliphatic rings. The summed E-state index contributed by atoms with van der Waals surface area (Å²) in [6.45, 7) is 4.22. The Hall–Kier alpha value is -2.41. The van der Waals surface area contributed by atoms with Crippen LogP contribution in [-0.4, -0.2) is 46.3 Å². The highest BCUT2D eigenvalue weighted by Gasteiger charge is 2.43. The number of hydrogen-bond acceptors (Lipinski definition) is 5. The summed E-state index contributed by atoms with van der Waals surface area (Å²) in [6.07, 6.45) is 3.17. The molecule has 2 aromatic rings. The van der Waals surface area contributed by atoms with E-state index in [1.807, 2.05) is 49.4 Å². The van der Waals surface area contributed by atoms with Crippen LogP contribution < -0.4 is 10.1 Å². The zero-order valence-electron chi connectivity index (χ0n) is 18.6. The minimum Gasteiger partial charge on any atom is -0.487 e. The standard InChI is InChI=1S/C26H32N2O4/c1-17-2-9-24-21(14-17)22(29)15-26(32-24)10-12-28(13-11-26)16-23(30)18-5-7-20(8-6-18)27-25(31)19-3-4-19/h2,5-9,14,19,22-23,29-30H,3-4,10-13,15-16H2,1H3,(H,27,31)/t22-,23+/m1/s1. The fourth-order valence-corrected chi connectivity index (χ4v) is 4.94. The van der Waals surface area contributed by atoms with Crippen molar-refractivity contribution < 1.29 is 19.7 Å². The van der Waals surface area contributed by atoms with Crippen LogP contribution in [0.2, 0.25) is 0 Å². The van der Waals surface area contributed by atoms with E-state index in [2.05, 4.69) is 10.2 Å². The molecule has 2 fully saturated rings. The van der Waals surface area contributed by atoms with Crippen LogP contribution in [-0.2, 0) is 4.79 Å². The van der Waals surface area contributed by atoms with Gasteiger partial charge in [0, 0.05) is 43.2 Å². The highest BCUT2D eigenvalue weighted by molar-refractivity contribution is 5.94. The average molecular weight is 437 g/mol. The van der Waals surface area contributed by atoms with Crippen molar-refractivity contribution in [3.63, 3.8) is 0 Å². The summed E-state index contributed by atoms with van der Waals surface area (Å²) >= 11 is 0. The van der Waals surface area contributed by atoms with Gasteiger partial charge < -0.3 is 25.2 Å². The number of piperidine rings is 1. The topological polar surface area (TPSA) is 82.0 Å². The Morgan fingerprint density at radius 3 is 2.59 bits per heavy atom. The van der Waals surface area contributed by atoms with Crippen LogP contribution in [0.5, 0.6) is 5.75 Å². The van der Waals surface area contributed by atoms with Crippen LogP contribution in [0.1, 0.15) is 61.0 Å². The van der Waals surface area contributed by atoms with Gasteiger partial charge in [0.05, 0.1) is 12.2 Å². The molecule has 0 bridgehead atoms. The maximum Gasteiger partial charge on any atom is 0.227 e. The van der Waals surface area contributed by atoms with Gasteiger partial charge in [-0.25, -0.2) is 0 Å². The van der Waals surface area contributed by atoms with E-state index < -0.39 is 12.2 Å². The highest BCUT2D eigenvalue weighted by atomic mass is 16.5. The molecule has 0 unspecified atom stereocenters. The van der Waals surface area contributed by atoms with E-state index in [1.165, 1.54) is 0 Å². The van der Waals surface area contributed by atoms with E-state index >= 15 is 0 Å². The smallest absolute Gasteiger partial charge is 0.227 e. The number of aryl methyl sites for hydroxylation is 1. The highest BCUT2D eigenvalue weighted by Crippen LogP contribution is 2.44. The van der Waals surface area contributed by atoms with Crippen LogP contribution in [0, 0.1) is 12.8 Å². The monoisotopic (exact) mass is 436 g/mol. The van der Waals surface area contributed by atoms with Gasteiger partial charge >= 0.3 is 0 Å². The normalized spacial score (nSPS) is 23.3. The molecular weight excluding hydrogens is 404 g/mol. The second-order valence-electron chi connectivity index (χ2n) is 9.75. The number of aliphatic hydroxyl groups is 2. The van der Waals surface area contributed by atoms with Crippen molar-refractivity contribution in [2.75, 3.05) is 25.0 Å². The third-order valence-electron chi connectivity index (χ3n) is 7.13. The molecule has 1 aliphatic carbocycles. The number of hydrogen-bond donors (Lipinski definition) is 3. The number of nitrogens with zero attached hydrogens (tertiary/aromatic N) is 1. The van der Waals surface area contributed by atoms with Crippen molar-refractivity contribution in [3.8, 4) is 5.75 Å². The predicted octanol–water partition coefficient (Wildman–Crippen LogP) is 3.73. The summed E-state index contributed by atoms with van der Waals surface area (Å²) in [4.78, 5) is 14.2. The summed E-state index contributed by atoms with van der Waals surface area (Å²) < 4.78 is 6.41. The molecule has 2 aromatic carbocycles. The molecule has 2 atom stereocenters. The number of carbonyl (C=O) groups is 1. The number of carbonyl (C=O) groups excluding carboxylic acids is 1. The molecule has 0 radical (unpaired) electrons. The summed E-state index contributed by atoms with van der Waals surface area (Å²) in [6, 6.07) is 13.5. The molecule has 3 N–H and O–H groups in total. The zero-order valence-corrected chi connectivity index (χ0v) is 18.6. The molecule has 6 heteroatoms. The molecule has 1 saturated heterocycles. The molecule has 170 valence electrons. The maximum atomic E-state index is 11.9. The number of aliphatic hydroxyl groups excluding tert-OH is 2. The van der Waals surface area contributed by atoms with Crippen LogP contribution >= 0.6 is 0 Å². The van der Waals surface area contributed by atoms with Gasteiger partial charge in [-0.2, -0.15) is 0 Å². The Kier molecular flexibility index (Phi) is 5.70. The van der Waals surface area contributed by atoms with Gasteiger partial charge in [0.25, 0.3) is 0 Å². The average Bonchev–Trinajstić information content (AvgIpc) is 3.62. The molecule has 0 aromatic heterocycles. The minimum absolute atomic E-state index is 0.0911. The number of anilines is 1. The Morgan fingerprint density at radius 2 is 1.91 bits per heavy atom. The summed E-state index contributed by atoms with van der Waals surface area (Å²) in [5.74, 6) is 1.07. The fraction of sp³-hybridized carbons (Fsp3) is 0.500. The lowest BCUT2D eigenvalue weighted by Gasteiger charge is -2.46. The van der Waals surface area contributed by atoms with Gasteiger partial charge in [0.1, 0.15) is 11.4 Å². The lowest BCUT2D eigenvalue weighted by molar-refractivity contribution is -0.117. The Balaban J connectivity index is 1.15. The number of rotatable bonds is 5. The zero-order chi connectivity index (χ0) is 22.3. The minimum atomic E-state index is -0.584. The van der Waals surface area contributed by atoms with Crippen molar-refractivity contribution in [3.05, 3.63) is 59.2 Å². The van der Waals surface area contributed by atoms with Crippen LogP contribution in [0.3, 0.4) is 0 Å². The molecule has 5 rings (SSSR count). The van der Waals surface area contributed by atoms with Gasteiger partial charge in [0.15, 0.2) is 0 Å². The molecule has 2 aliphatic heterocycles. The largest absolute Gasteiger partial charge is 0.487 e. The first-order valence-electron chi connectivity index (χ1n) is 11.7. The van der Waals surface area contributed by atoms with Gasteiger partial charge in [-0.3, -0.25) is 4.79 Å². The lowest BCUT2D eigenvalue weighted by atomic mass is 9.81. The third kappa shape index (κ3) is 4.53. The van der Waals surface area contributed by atoms with E-state index in [0.717, 1.165) is 66.9 Å². The molecule has 6 nitrogen and oxygen atoms in total. The lowest BCUT2D eigenvalue weighted by Crippen LogP contribution is -2.51. The van der Waals surface area contributed by atoms with E-state index in [9.17, 15) is 15.0 Å². The number of amides is 1. The van der Waals surface area contributed by atoms with Crippen LogP contribution in [0.4, 0.5) is 5.69 Å². The second-order valence-corrected chi connectivity index (χ2v) is 9.75. The quantitative estimate of drug-likeness (QED) is 0.665. The Morgan fingerprint density at radius 1 is 1.19 bits per heavy atom. The van der Waals surface area contributed by atoms with E-state index in [4.69, 9.17) is 4.74 Å². The fourth-order valence-electron chi connectivity index (χ4n) is 4.94. The summed E-state index contributed by atoms with van der Waals surface area (Å²) in [7, 11) is 0. The van der Waals surface area contributed by atoms with Crippen LogP contribution in [0.15, 0.2) is 42.5 Å². The third-order valence-corrected chi connectivity index (χ3v) is 7.13. The predicted molar refractivity (Wildman–Crippen MR) is 123 cm³/mol. The first-order valence-corrected chi connectivity index (χ1v) is 11.7. The number of likely N-dealkylation sites (tertiary alicyclic amines) is 1. The van der Waals surface area contributed by atoms with Crippen molar-refractivity contribution >= 4 is 11.6 Å². The van der Waals surface area contributed by atoms with Crippen LogP contribution in [0.25, 0.3) is 0 Å². The van der Waals surface area contributed by atoms with Crippen molar-refractivity contribution in [1.82, 2.24) is 4.90 Å². The van der Waals surface area contributed by atoms with Crippen molar-refractivity contribution in [2.45, 2.75) is 56.8 Å². The van der Waals surface area contributed by atoms with E-state index in [1.54, 1.807) is 0 Å². The van der Waals surface area contributed by atoms with Gasteiger partial charge in [0.2, 0.25) is 5.91 Å².